The van der Waals surface area contributed by atoms with Crippen LogP contribution in [0.3, 0.4) is 0 Å². The van der Waals surface area contributed by atoms with Gasteiger partial charge in [0, 0.05) is 25.7 Å². The topological polar surface area (TPSA) is 90.4 Å². The van der Waals surface area contributed by atoms with Gasteiger partial charge in [-0.15, -0.1) is 13.2 Å². The summed E-state index contributed by atoms with van der Waals surface area (Å²) in [5.41, 5.74) is 0.534. The fraction of sp³-hybridized carbons (Fsp3) is 0.472. The number of hydrogen-bond donors (Lipinski definition) is 1. The van der Waals surface area contributed by atoms with E-state index in [9.17, 15) is 19.5 Å². The molecule has 3 unspecified atom stereocenters. The van der Waals surface area contributed by atoms with Gasteiger partial charge in [-0.3, -0.25) is 14.4 Å². The SMILES string of the molecule is C=CCN(Cc1ccccc1)C(=O)[C@@H]1[C@H]2C(=O)N([C@H](CO)c3ccccc3)C(C(=O)N(CC=C)C(C)CCC)C23CC[C@H]1O3. The fourth-order valence-electron chi connectivity index (χ4n) is 7.78. The summed E-state index contributed by atoms with van der Waals surface area (Å²) in [6.45, 7) is 12.5. The van der Waals surface area contributed by atoms with Crippen molar-refractivity contribution in [2.24, 2.45) is 11.8 Å². The van der Waals surface area contributed by atoms with Crippen LogP contribution in [0.1, 0.15) is 56.7 Å². The van der Waals surface area contributed by atoms with Crippen LogP contribution >= 0.6 is 0 Å². The average molecular weight is 600 g/mol. The van der Waals surface area contributed by atoms with Gasteiger partial charge in [0.25, 0.3) is 0 Å². The second-order valence-corrected chi connectivity index (χ2v) is 12.3. The lowest BCUT2D eigenvalue weighted by atomic mass is 9.70. The monoisotopic (exact) mass is 599 g/mol. The molecular weight excluding hydrogens is 554 g/mol. The summed E-state index contributed by atoms with van der Waals surface area (Å²) >= 11 is 0. The van der Waals surface area contributed by atoms with Crippen molar-refractivity contribution < 1.29 is 24.2 Å². The van der Waals surface area contributed by atoms with Gasteiger partial charge >= 0.3 is 0 Å². The first kappa shape index (κ1) is 31.7. The molecule has 8 heteroatoms. The van der Waals surface area contributed by atoms with Crippen LogP contribution in [0.25, 0.3) is 0 Å². The van der Waals surface area contributed by atoms with Crippen molar-refractivity contribution in [1.29, 1.82) is 0 Å². The van der Waals surface area contributed by atoms with E-state index in [1.807, 2.05) is 67.6 Å². The highest BCUT2D eigenvalue weighted by Crippen LogP contribution is 2.60. The fourth-order valence-corrected chi connectivity index (χ4v) is 7.78. The van der Waals surface area contributed by atoms with Crippen LogP contribution in [0.2, 0.25) is 0 Å². The van der Waals surface area contributed by atoms with Gasteiger partial charge in [-0.2, -0.15) is 0 Å². The minimum atomic E-state index is -1.17. The molecule has 0 radical (unpaired) electrons. The van der Waals surface area contributed by atoms with E-state index in [4.69, 9.17) is 4.74 Å². The normalized spacial score (nSPS) is 26.6. The number of amides is 3. The maximum atomic E-state index is 14.8. The molecule has 3 amide bonds. The number of likely N-dealkylation sites (tertiary alicyclic amines) is 1. The molecule has 3 heterocycles. The zero-order valence-corrected chi connectivity index (χ0v) is 25.9. The van der Waals surface area contributed by atoms with Crippen LogP contribution < -0.4 is 0 Å². The summed E-state index contributed by atoms with van der Waals surface area (Å²) in [4.78, 5) is 49.0. The Labute approximate surface area is 261 Å². The first-order valence-electron chi connectivity index (χ1n) is 15.8. The van der Waals surface area contributed by atoms with Crippen LogP contribution in [0.4, 0.5) is 0 Å². The van der Waals surface area contributed by atoms with E-state index in [0.717, 1.165) is 24.0 Å². The van der Waals surface area contributed by atoms with Crippen molar-refractivity contribution in [3.63, 3.8) is 0 Å². The zero-order valence-electron chi connectivity index (χ0n) is 25.9. The smallest absolute Gasteiger partial charge is 0.248 e. The molecule has 2 aromatic rings. The molecule has 1 spiro atoms. The van der Waals surface area contributed by atoms with Crippen molar-refractivity contribution in [2.75, 3.05) is 19.7 Å². The van der Waals surface area contributed by atoms with E-state index in [0.29, 0.717) is 32.5 Å². The van der Waals surface area contributed by atoms with E-state index in [1.54, 1.807) is 26.9 Å². The third-order valence-corrected chi connectivity index (χ3v) is 9.67. The summed E-state index contributed by atoms with van der Waals surface area (Å²) in [7, 11) is 0. The van der Waals surface area contributed by atoms with Gasteiger partial charge in [-0.25, -0.2) is 0 Å². The molecule has 0 aliphatic carbocycles. The molecule has 8 nitrogen and oxygen atoms in total. The molecule has 7 atom stereocenters. The standard InChI is InChI=1S/C36H45N3O5/c1-5-14-25(4)38(22-7-3)35(43)32-36-20-19-29(44-36)30(33(41)37(21-6-2)23-26-15-10-8-11-16-26)31(36)34(42)39(32)28(24-40)27-17-12-9-13-18-27/h6-13,15-18,25,28-32,40H,2-3,5,14,19-24H2,1,4H3/t25?,28-,29-,30+,31+,32?,36?/m1/s1. The number of aliphatic hydroxyl groups is 1. The van der Waals surface area contributed by atoms with Crippen LogP contribution in [-0.2, 0) is 25.7 Å². The van der Waals surface area contributed by atoms with Gasteiger partial charge in [0.1, 0.15) is 11.6 Å². The number of carbonyl (C=O) groups is 3. The second-order valence-electron chi connectivity index (χ2n) is 12.3. The van der Waals surface area contributed by atoms with Crippen molar-refractivity contribution in [3.05, 3.63) is 97.1 Å². The van der Waals surface area contributed by atoms with Crippen molar-refractivity contribution in [3.8, 4) is 0 Å². The van der Waals surface area contributed by atoms with Gasteiger partial charge < -0.3 is 24.5 Å². The summed E-state index contributed by atoms with van der Waals surface area (Å²) < 4.78 is 6.74. The molecule has 3 fully saturated rings. The Bertz CT molecular complexity index is 1350. The van der Waals surface area contributed by atoms with Crippen molar-refractivity contribution in [2.45, 2.75) is 75.9 Å². The van der Waals surface area contributed by atoms with E-state index < -0.39 is 35.6 Å². The van der Waals surface area contributed by atoms with Crippen molar-refractivity contribution in [1.82, 2.24) is 14.7 Å². The summed E-state index contributed by atoms with van der Waals surface area (Å²) in [6.07, 6.45) is 5.67. The molecule has 44 heavy (non-hydrogen) atoms. The molecule has 234 valence electrons. The molecule has 0 aromatic heterocycles. The lowest BCUT2D eigenvalue weighted by molar-refractivity contribution is -0.153. The molecule has 1 N–H and O–H groups in total. The van der Waals surface area contributed by atoms with Gasteiger partial charge in [0.15, 0.2) is 0 Å². The van der Waals surface area contributed by atoms with E-state index in [2.05, 4.69) is 20.1 Å². The summed E-state index contributed by atoms with van der Waals surface area (Å²) in [5.74, 6) is -2.29. The number of ether oxygens (including phenoxy) is 1. The summed E-state index contributed by atoms with van der Waals surface area (Å²) in [6, 6.07) is 17.2. The molecule has 3 aliphatic rings. The molecule has 2 aromatic carbocycles. The number of nitrogens with zero attached hydrogens (tertiary/aromatic N) is 3. The maximum absolute atomic E-state index is 14.8. The molecule has 2 bridgehead atoms. The van der Waals surface area contributed by atoms with Crippen LogP contribution in [0.15, 0.2) is 86.0 Å². The zero-order chi connectivity index (χ0) is 31.4. The molecular formula is C36H45N3O5. The minimum Gasteiger partial charge on any atom is -0.394 e. The number of hydrogen-bond acceptors (Lipinski definition) is 5. The minimum absolute atomic E-state index is 0.0906. The Morgan fingerprint density at radius 1 is 1.07 bits per heavy atom. The third kappa shape index (κ3) is 5.50. The highest BCUT2D eigenvalue weighted by molar-refractivity contribution is 5.99. The Balaban J connectivity index is 1.58. The van der Waals surface area contributed by atoms with Crippen LogP contribution in [0, 0.1) is 11.8 Å². The lowest BCUT2D eigenvalue weighted by Gasteiger charge is -2.41. The van der Waals surface area contributed by atoms with E-state index >= 15 is 0 Å². The van der Waals surface area contributed by atoms with E-state index in [-0.39, 0.29) is 30.4 Å². The Morgan fingerprint density at radius 3 is 2.34 bits per heavy atom. The average Bonchev–Trinajstić information content (AvgIpc) is 3.68. The largest absolute Gasteiger partial charge is 0.394 e. The Morgan fingerprint density at radius 2 is 1.73 bits per heavy atom. The maximum Gasteiger partial charge on any atom is 0.248 e. The number of benzene rings is 2. The number of carbonyl (C=O) groups excluding carboxylic acids is 3. The first-order valence-corrected chi connectivity index (χ1v) is 15.8. The highest BCUT2D eigenvalue weighted by atomic mass is 16.5. The van der Waals surface area contributed by atoms with Gasteiger partial charge in [0.05, 0.1) is 30.6 Å². The molecule has 3 aliphatic heterocycles. The third-order valence-electron chi connectivity index (χ3n) is 9.67. The number of aliphatic hydroxyl groups excluding tert-OH is 1. The van der Waals surface area contributed by atoms with E-state index in [1.165, 1.54) is 0 Å². The number of fused-ring (bicyclic) bond motifs is 1. The second kappa shape index (κ2) is 13.5. The van der Waals surface area contributed by atoms with Gasteiger partial charge in [0.2, 0.25) is 17.7 Å². The Hall–Kier alpha value is -3.75. The quantitative estimate of drug-likeness (QED) is 0.323. The predicted octanol–water partition coefficient (Wildman–Crippen LogP) is 4.51. The summed E-state index contributed by atoms with van der Waals surface area (Å²) in [5, 5.41) is 10.8. The Kier molecular flexibility index (Phi) is 9.71. The van der Waals surface area contributed by atoms with Gasteiger partial charge in [-0.05, 0) is 37.3 Å². The molecule has 0 saturated carbocycles. The van der Waals surface area contributed by atoms with Gasteiger partial charge in [-0.1, -0.05) is 86.2 Å². The van der Waals surface area contributed by atoms with Crippen molar-refractivity contribution >= 4 is 17.7 Å². The highest BCUT2D eigenvalue weighted by Gasteiger charge is 2.75. The first-order chi connectivity index (χ1) is 21.3. The predicted molar refractivity (Wildman–Crippen MR) is 169 cm³/mol. The number of rotatable bonds is 14. The lowest BCUT2D eigenvalue weighted by Crippen LogP contribution is -2.58. The van der Waals surface area contributed by atoms with Crippen LogP contribution in [-0.4, -0.2) is 81.0 Å². The molecule has 3 saturated heterocycles. The molecule has 5 rings (SSSR count). The van der Waals surface area contributed by atoms with Crippen LogP contribution in [0.5, 0.6) is 0 Å².